The van der Waals surface area contributed by atoms with Crippen LogP contribution < -0.4 is 15.2 Å². The number of rotatable bonds is 7. The number of nitrogens with two attached hydrogens (primary N) is 1. The first kappa shape index (κ1) is 18.3. The molecule has 0 spiro atoms. The van der Waals surface area contributed by atoms with Gasteiger partial charge in [-0.1, -0.05) is 0 Å². The zero-order chi connectivity index (χ0) is 14.3. The Balaban J connectivity index is 0.00000361. The van der Waals surface area contributed by atoms with Crippen molar-refractivity contribution >= 4 is 18.4 Å². The zero-order valence-electron chi connectivity index (χ0n) is 11.5. The maximum Gasteiger partial charge on any atom is 0.338 e. The van der Waals surface area contributed by atoms with Crippen molar-refractivity contribution < 1.29 is 24.1 Å². The van der Waals surface area contributed by atoms with Crippen LogP contribution in [0.2, 0.25) is 0 Å². The molecule has 0 radical (unpaired) electrons. The Hall–Kier alpha value is -1.66. The van der Waals surface area contributed by atoms with Gasteiger partial charge in [-0.3, -0.25) is 0 Å². The quantitative estimate of drug-likeness (QED) is 0.589. The molecular formula is C13H20ClNO5. The lowest BCUT2D eigenvalue weighted by atomic mass is 10.2. The van der Waals surface area contributed by atoms with Crippen molar-refractivity contribution in [2.24, 2.45) is 5.73 Å². The lowest BCUT2D eigenvalue weighted by Gasteiger charge is -2.11. The van der Waals surface area contributed by atoms with E-state index in [-0.39, 0.29) is 35.2 Å². The largest absolute Gasteiger partial charge is 0.502 e. The topological polar surface area (TPSA) is 91.0 Å². The van der Waals surface area contributed by atoms with Crippen LogP contribution in [0, 0.1) is 0 Å². The highest BCUT2D eigenvalue weighted by Crippen LogP contribution is 2.37. The molecule has 0 saturated heterocycles. The predicted molar refractivity (Wildman–Crippen MR) is 77.0 cm³/mol. The van der Waals surface area contributed by atoms with Crippen molar-refractivity contribution in [1.29, 1.82) is 0 Å². The first-order valence-electron chi connectivity index (χ1n) is 5.96. The van der Waals surface area contributed by atoms with Gasteiger partial charge in [-0.2, -0.15) is 0 Å². The SMILES string of the molecule is COc1cc(C(=O)OCCCCN)cc(OC)c1O.Cl. The van der Waals surface area contributed by atoms with Crippen LogP contribution in [0.1, 0.15) is 23.2 Å². The van der Waals surface area contributed by atoms with E-state index in [1.807, 2.05) is 0 Å². The summed E-state index contributed by atoms with van der Waals surface area (Å²) in [4.78, 5) is 11.8. The Kier molecular flexibility index (Phi) is 8.51. The van der Waals surface area contributed by atoms with Crippen molar-refractivity contribution in [2.45, 2.75) is 12.8 Å². The summed E-state index contributed by atoms with van der Waals surface area (Å²) in [5.41, 5.74) is 5.61. The van der Waals surface area contributed by atoms with E-state index in [1.54, 1.807) is 0 Å². The van der Waals surface area contributed by atoms with E-state index in [0.717, 1.165) is 6.42 Å². The van der Waals surface area contributed by atoms with E-state index >= 15 is 0 Å². The number of esters is 1. The van der Waals surface area contributed by atoms with Gasteiger partial charge in [0.15, 0.2) is 11.5 Å². The van der Waals surface area contributed by atoms with E-state index in [4.69, 9.17) is 19.9 Å². The molecule has 7 heteroatoms. The summed E-state index contributed by atoms with van der Waals surface area (Å²) in [5, 5.41) is 9.73. The van der Waals surface area contributed by atoms with Gasteiger partial charge in [0.05, 0.1) is 26.4 Å². The zero-order valence-corrected chi connectivity index (χ0v) is 12.4. The molecule has 0 aliphatic heterocycles. The smallest absolute Gasteiger partial charge is 0.338 e. The molecule has 1 aromatic carbocycles. The van der Waals surface area contributed by atoms with Crippen LogP contribution in [0.15, 0.2) is 12.1 Å². The number of phenols is 1. The number of carbonyl (C=O) groups is 1. The molecule has 1 aromatic rings. The first-order valence-corrected chi connectivity index (χ1v) is 5.96. The highest BCUT2D eigenvalue weighted by Gasteiger charge is 2.16. The third-order valence-electron chi connectivity index (χ3n) is 2.55. The molecule has 3 N–H and O–H groups in total. The summed E-state index contributed by atoms with van der Waals surface area (Å²) >= 11 is 0. The number of phenolic OH excluding ortho intramolecular Hbond substituents is 1. The van der Waals surface area contributed by atoms with E-state index in [9.17, 15) is 9.90 Å². The van der Waals surface area contributed by atoms with Gasteiger partial charge >= 0.3 is 5.97 Å². The maximum atomic E-state index is 11.8. The van der Waals surface area contributed by atoms with Gasteiger partial charge in [-0.15, -0.1) is 12.4 Å². The Morgan fingerprint density at radius 1 is 1.20 bits per heavy atom. The van der Waals surface area contributed by atoms with E-state index in [2.05, 4.69) is 0 Å². The second kappa shape index (κ2) is 9.28. The molecule has 114 valence electrons. The third-order valence-corrected chi connectivity index (χ3v) is 2.55. The standard InChI is InChI=1S/C13H19NO5.ClH/c1-17-10-7-9(8-11(18-2)12(10)15)13(16)19-6-4-3-5-14;/h7-8,15H,3-6,14H2,1-2H3;1H. The lowest BCUT2D eigenvalue weighted by molar-refractivity contribution is 0.0498. The van der Waals surface area contributed by atoms with E-state index in [0.29, 0.717) is 19.6 Å². The van der Waals surface area contributed by atoms with Crippen molar-refractivity contribution in [3.63, 3.8) is 0 Å². The molecule has 20 heavy (non-hydrogen) atoms. The molecule has 6 nitrogen and oxygen atoms in total. The molecule has 0 fully saturated rings. The number of benzene rings is 1. The molecular weight excluding hydrogens is 286 g/mol. The van der Waals surface area contributed by atoms with Crippen LogP contribution >= 0.6 is 12.4 Å². The van der Waals surface area contributed by atoms with Crippen molar-refractivity contribution in [3.05, 3.63) is 17.7 Å². The monoisotopic (exact) mass is 305 g/mol. The summed E-state index contributed by atoms with van der Waals surface area (Å²) in [6.07, 6.45) is 1.52. The second-order valence-electron chi connectivity index (χ2n) is 3.86. The van der Waals surface area contributed by atoms with Crippen molar-refractivity contribution in [2.75, 3.05) is 27.4 Å². The molecule has 0 aromatic heterocycles. The third kappa shape index (κ3) is 4.79. The van der Waals surface area contributed by atoms with Crippen LogP contribution in [0.25, 0.3) is 0 Å². The number of aromatic hydroxyl groups is 1. The number of ether oxygens (including phenoxy) is 3. The van der Waals surface area contributed by atoms with Crippen LogP contribution in [0.5, 0.6) is 17.2 Å². The Morgan fingerprint density at radius 2 is 1.75 bits per heavy atom. The van der Waals surface area contributed by atoms with E-state index in [1.165, 1.54) is 26.4 Å². The predicted octanol–water partition coefficient (Wildman–Crippen LogP) is 1.73. The van der Waals surface area contributed by atoms with Gasteiger partial charge in [0.1, 0.15) is 0 Å². The van der Waals surface area contributed by atoms with Crippen molar-refractivity contribution in [3.8, 4) is 17.2 Å². The van der Waals surface area contributed by atoms with Crippen LogP contribution in [0.4, 0.5) is 0 Å². The number of hydrogen-bond donors (Lipinski definition) is 2. The molecule has 0 unspecified atom stereocenters. The molecule has 0 aliphatic carbocycles. The highest BCUT2D eigenvalue weighted by atomic mass is 35.5. The highest BCUT2D eigenvalue weighted by molar-refractivity contribution is 5.91. The van der Waals surface area contributed by atoms with Crippen LogP contribution in [0.3, 0.4) is 0 Å². The minimum Gasteiger partial charge on any atom is -0.502 e. The average Bonchev–Trinajstić information content (AvgIpc) is 2.43. The first-order chi connectivity index (χ1) is 9.13. The average molecular weight is 306 g/mol. The summed E-state index contributed by atoms with van der Waals surface area (Å²) < 4.78 is 15.0. The normalized spacial score (nSPS) is 9.55. The summed E-state index contributed by atoms with van der Waals surface area (Å²) in [6.45, 7) is 0.875. The van der Waals surface area contributed by atoms with Gasteiger partial charge in [0.2, 0.25) is 5.75 Å². The molecule has 0 amide bonds. The summed E-state index contributed by atoms with van der Waals surface area (Å²) in [7, 11) is 2.79. The number of halogens is 1. The minimum absolute atomic E-state index is 0. The summed E-state index contributed by atoms with van der Waals surface area (Å²) in [5.74, 6) is -0.320. The van der Waals surface area contributed by atoms with Gasteiger partial charge in [0.25, 0.3) is 0 Å². The van der Waals surface area contributed by atoms with Gasteiger partial charge in [-0.25, -0.2) is 4.79 Å². The molecule has 0 atom stereocenters. The number of carbonyl (C=O) groups excluding carboxylic acids is 1. The molecule has 1 rings (SSSR count). The van der Waals surface area contributed by atoms with E-state index < -0.39 is 5.97 Å². The fraction of sp³-hybridized carbons (Fsp3) is 0.462. The Morgan fingerprint density at radius 3 is 2.20 bits per heavy atom. The number of unbranched alkanes of at least 4 members (excludes halogenated alkanes) is 1. The number of methoxy groups -OCH3 is 2. The van der Waals surface area contributed by atoms with Crippen molar-refractivity contribution in [1.82, 2.24) is 0 Å². The fourth-order valence-corrected chi connectivity index (χ4v) is 1.51. The number of hydrogen-bond acceptors (Lipinski definition) is 6. The summed E-state index contributed by atoms with van der Waals surface area (Å²) in [6, 6.07) is 2.81. The van der Waals surface area contributed by atoms with Crippen LogP contribution in [-0.4, -0.2) is 38.4 Å². The Bertz CT molecular complexity index is 414. The van der Waals surface area contributed by atoms with Gasteiger partial charge in [0, 0.05) is 0 Å². The van der Waals surface area contributed by atoms with Gasteiger partial charge in [-0.05, 0) is 31.5 Å². The minimum atomic E-state index is -0.492. The molecule has 0 aliphatic rings. The lowest BCUT2D eigenvalue weighted by Crippen LogP contribution is -2.08. The molecule has 0 bridgehead atoms. The molecule has 0 saturated carbocycles. The van der Waals surface area contributed by atoms with Gasteiger partial charge < -0.3 is 25.1 Å². The maximum absolute atomic E-state index is 11.8. The molecule has 0 heterocycles. The van der Waals surface area contributed by atoms with Crippen LogP contribution in [-0.2, 0) is 4.74 Å². The second-order valence-corrected chi connectivity index (χ2v) is 3.86. The Labute approximate surface area is 124 Å². The fourth-order valence-electron chi connectivity index (χ4n) is 1.51.